The first kappa shape index (κ1) is 14.2. The quantitative estimate of drug-likeness (QED) is 0.357. The van der Waals surface area contributed by atoms with Crippen LogP contribution in [-0.4, -0.2) is 54.6 Å². The Balaban J connectivity index is 1.74. The molecule has 1 aromatic heterocycles. The Bertz CT molecular complexity index is 458. The molecule has 2 heterocycles. The van der Waals surface area contributed by atoms with Gasteiger partial charge in [-0.1, -0.05) is 0 Å². The van der Waals surface area contributed by atoms with E-state index in [4.69, 9.17) is 10.5 Å². The van der Waals surface area contributed by atoms with Crippen molar-refractivity contribution in [2.24, 2.45) is 10.7 Å². The lowest BCUT2D eigenvalue weighted by Crippen LogP contribution is -2.54. The number of carbonyl (C=O) groups is 1. The fourth-order valence-electron chi connectivity index (χ4n) is 1.69. The van der Waals surface area contributed by atoms with Crippen molar-refractivity contribution in [3.63, 3.8) is 0 Å². The second-order valence-electron chi connectivity index (χ2n) is 4.21. The third-order valence-corrected chi connectivity index (χ3v) is 2.63. The van der Waals surface area contributed by atoms with E-state index in [9.17, 15) is 4.79 Å². The highest BCUT2D eigenvalue weighted by molar-refractivity contribution is 5.82. The summed E-state index contributed by atoms with van der Waals surface area (Å²) in [6.45, 7) is 3.30. The molecule has 1 fully saturated rings. The number of pyridine rings is 1. The molecule has 0 unspecified atom stereocenters. The number of hydrogen-bond acceptors (Lipinski definition) is 6. The standard InChI is InChI=1S/C12H18N6O2/c13-12(17-18-6-4-14-5-7-18)16-9-11(19)20-10-2-1-3-15-8-10/h1-3,8,14H,4-7,9H2,(H3,13,16,17). The van der Waals surface area contributed by atoms with Gasteiger partial charge in [-0.05, 0) is 12.1 Å². The average molecular weight is 278 g/mol. The van der Waals surface area contributed by atoms with Crippen molar-refractivity contribution in [2.45, 2.75) is 0 Å². The molecule has 0 bridgehead atoms. The first-order valence-electron chi connectivity index (χ1n) is 6.37. The average Bonchev–Trinajstić information content (AvgIpc) is 2.47. The molecule has 108 valence electrons. The minimum Gasteiger partial charge on any atom is -0.424 e. The van der Waals surface area contributed by atoms with Crippen LogP contribution >= 0.6 is 0 Å². The number of nitrogens with one attached hydrogen (secondary N) is 2. The molecular formula is C12H18N6O2. The van der Waals surface area contributed by atoms with Gasteiger partial charge in [0.25, 0.3) is 0 Å². The lowest BCUT2D eigenvalue weighted by Gasteiger charge is -2.27. The summed E-state index contributed by atoms with van der Waals surface area (Å²) in [6.07, 6.45) is 3.06. The van der Waals surface area contributed by atoms with E-state index in [1.54, 1.807) is 18.3 Å². The zero-order chi connectivity index (χ0) is 14.2. The number of hydrogen-bond donors (Lipinski definition) is 3. The maximum atomic E-state index is 11.5. The van der Waals surface area contributed by atoms with Crippen LogP contribution < -0.4 is 21.2 Å². The van der Waals surface area contributed by atoms with Gasteiger partial charge in [-0.2, -0.15) is 0 Å². The molecule has 20 heavy (non-hydrogen) atoms. The van der Waals surface area contributed by atoms with E-state index in [0.29, 0.717) is 5.75 Å². The third kappa shape index (κ3) is 4.82. The van der Waals surface area contributed by atoms with E-state index in [-0.39, 0.29) is 12.5 Å². The topological polar surface area (TPSA) is 105 Å². The Hall–Kier alpha value is -2.19. The highest BCUT2D eigenvalue weighted by Gasteiger charge is 2.10. The predicted octanol–water partition coefficient (Wildman–Crippen LogP) is -1.29. The van der Waals surface area contributed by atoms with Crippen molar-refractivity contribution in [3.8, 4) is 5.75 Å². The molecule has 0 spiro atoms. The molecule has 1 aliphatic heterocycles. The summed E-state index contributed by atoms with van der Waals surface area (Å²) >= 11 is 0. The summed E-state index contributed by atoms with van der Waals surface area (Å²) in [7, 11) is 0. The van der Waals surface area contributed by atoms with Crippen molar-refractivity contribution in [2.75, 3.05) is 32.7 Å². The molecule has 0 saturated carbocycles. The molecule has 8 nitrogen and oxygen atoms in total. The van der Waals surface area contributed by atoms with Crippen LogP contribution in [0.1, 0.15) is 0 Å². The van der Waals surface area contributed by atoms with E-state index in [0.717, 1.165) is 26.2 Å². The van der Waals surface area contributed by atoms with Crippen LogP contribution in [0.15, 0.2) is 29.5 Å². The first-order chi connectivity index (χ1) is 9.74. The molecule has 0 amide bonds. The summed E-state index contributed by atoms with van der Waals surface area (Å²) in [5.74, 6) is 0.111. The molecule has 1 aliphatic rings. The minimum atomic E-state index is -0.483. The largest absolute Gasteiger partial charge is 0.424 e. The third-order valence-electron chi connectivity index (χ3n) is 2.63. The van der Waals surface area contributed by atoms with Gasteiger partial charge in [-0.15, -0.1) is 0 Å². The lowest BCUT2D eigenvalue weighted by atomic mass is 10.4. The molecule has 8 heteroatoms. The minimum absolute atomic E-state index is 0.139. The molecule has 4 N–H and O–H groups in total. The molecule has 0 atom stereocenters. The number of guanidine groups is 1. The van der Waals surface area contributed by atoms with E-state index in [2.05, 4.69) is 20.7 Å². The number of ether oxygens (including phenoxy) is 1. The Labute approximate surface area is 117 Å². The van der Waals surface area contributed by atoms with Gasteiger partial charge in [0.05, 0.1) is 6.20 Å². The summed E-state index contributed by atoms with van der Waals surface area (Å²) in [6, 6.07) is 3.34. The SMILES string of the molecule is NC(=NCC(=O)Oc1cccnc1)NN1CCNCC1. The monoisotopic (exact) mass is 278 g/mol. The summed E-state index contributed by atoms with van der Waals surface area (Å²) in [5.41, 5.74) is 8.64. The molecule has 0 aromatic carbocycles. The highest BCUT2D eigenvalue weighted by atomic mass is 16.5. The second kappa shape index (κ2) is 7.41. The maximum Gasteiger partial charge on any atom is 0.333 e. The normalized spacial score (nSPS) is 16.7. The Kier molecular flexibility index (Phi) is 5.27. The summed E-state index contributed by atoms with van der Waals surface area (Å²) in [4.78, 5) is 19.3. The van der Waals surface area contributed by atoms with Crippen molar-refractivity contribution in [1.82, 2.24) is 20.7 Å². The zero-order valence-electron chi connectivity index (χ0n) is 11.1. The fourth-order valence-corrected chi connectivity index (χ4v) is 1.69. The number of nitrogens with two attached hydrogens (primary N) is 1. The fraction of sp³-hybridized carbons (Fsp3) is 0.417. The number of rotatable bonds is 4. The van der Waals surface area contributed by atoms with E-state index in [1.807, 2.05) is 5.01 Å². The van der Waals surface area contributed by atoms with E-state index < -0.39 is 5.97 Å². The molecule has 0 aliphatic carbocycles. The lowest BCUT2D eigenvalue weighted by molar-refractivity contribution is -0.132. The molecule has 1 aromatic rings. The van der Waals surface area contributed by atoms with E-state index >= 15 is 0 Å². The van der Waals surface area contributed by atoms with Crippen LogP contribution in [0.4, 0.5) is 0 Å². The van der Waals surface area contributed by atoms with Gasteiger partial charge in [0.15, 0.2) is 0 Å². The van der Waals surface area contributed by atoms with Gasteiger partial charge < -0.3 is 15.8 Å². The van der Waals surface area contributed by atoms with Crippen molar-refractivity contribution in [3.05, 3.63) is 24.5 Å². The van der Waals surface area contributed by atoms with Crippen LogP contribution in [0.2, 0.25) is 0 Å². The van der Waals surface area contributed by atoms with Gasteiger partial charge in [0, 0.05) is 32.4 Å². The molecule has 1 saturated heterocycles. The Morgan fingerprint density at radius 2 is 2.35 bits per heavy atom. The number of esters is 1. The Morgan fingerprint density at radius 3 is 3.05 bits per heavy atom. The van der Waals surface area contributed by atoms with Crippen LogP contribution in [0, 0.1) is 0 Å². The summed E-state index contributed by atoms with van der Waals surface area (Å²) < 4.78 is 5.04. The van der Waals surface area contributed by atoms with Gasteiger partial charge in [0.1, 0.15) is 12.3 Å². The predicted molar refractivity (Wildman–Crippen MR) is 73.9 cm³/mol. The van der Waals surface area contributed by atoms with E-state index in [1.165, 1.54) is 6.20 Å². The number of aliphatic imine (C=N–C) groups is 1. The van der Waals surface area contributed by atoms with Crippen molar-refractivity contribution >= 4 is 11.9 Å². The van der Waals surface area contributed by atoms with Gasteiger partial charge >= 0.3 is 5.97 Å². The summed E-state index contributed by atoms with van der Waals surface area (Å²) in [5, 5.41) is 5.17. The van der Waals surface area contributed by atoms with Crippen LogP contribution in [-0.2, 0) is 4.79 Å². The maximum absolute atomic E-state index is 11.5. The number of aromatic nitrogens is 1. The number of piperazine rings is 1. The van der Waals surface area contributed by atoms with Crippen molar-refractivity contribution in [1.29, 1.82) is 0 Å². The molecule has 0 radical (unpaired) electrons. The van der Waals surface area contributed by atoms with Crippen LogP contribution in [0.3, 0.4) is 0 Å². The highest BCUT2D eigenvalue weighted by Crippen LogP contribution is 2.05. The zero-order valence-corrected chi connectivity index (χ0v) is 11.1. The van der Waals surface area contributed by atoms with Crippen molar-refractivity contribution < 1.29 is 9.53 Å². The number of nitrogens with zero attached hydrogens (tertiary/aromatic N) is 3. The molecular weight excluding hydrogens is 260 g/mol. The van der Waals surface area contributed by atoms with Crippen LogP contribution in [0.5, 0.6) is 5.75 Å². The van der Waals surface area contributed by atoms with Crippen LogP contribution in [0.25, 0.3) is 0 Å². The van der Waals surface area contributed by atoms with Gasteiger partial charge in [-0.3, -0.25) is 10.4 Å². The molecule has 2 rings (SSSR count). The Morgan fingerprint density at radius 1 is 1.55 bits per heavy atom. The number of carbonyl (C=O) groups excluding carboxylic acids is 1. The first-order valence-corrected chi connectivity index (χ1v) is 6.37. The smallest absolute Gasteiger partial charge is 0.333 e. The van der Waals surface area contributed by atoms with Gasteiger partial charge in [0.2, 0.25) is 5.96 Å². The van der Waals surface area contributed by atoms with Gasteiger partial charge in [-0.25, -0.2) is 14.8 Å². The second-order valence-corrected chi connectivity index (χ2v) is 4.21. The number of hydrazine groups is 1.